The monoisotopic (exact) mass is 268 g/mol. The molecular weight excluding hydrogens is 244 g/mol. The van der Waals surface area contributed by atoms with Gasteiger partial charge >= 0.3 is 0 Å². The zero-order valence-corrected chi connectivity index (χ0v) is 13.1. The Morgan fingerprint density at radius 3 is 2.35 bits per heavy atom. The summed E-state index contributed by atoms with van der Waals surface area (Å²) in [5.41, 5.74) is 6.49. The van der Waals surface area contributed by atoms with E-state index in [0.29, 0.717) is 0 Å². The molecule has 1 N–H and O–H groups in total. The van der Waals surface area contributed by atoms with Crippen molar-refractivity contribution in [1.29, 1.82) is 0 Å². The maximum absolute atomic E-state index is 3.22. The molecule has 20 heavy (non-hydrogen) atoms. The fourth-order valence-corrected chi connectivity index (χ4v) is 2.75. The van der Waals surface area contributed by atoms with Gasteiger partial charge in [0.2, 0.25) is 0 Å². The van der Waals surface area contributed by atoms with E-state index in [1.165, 1.54) is 22.3 Å². The van der Waals surface area contributed by atoms with Crippen molar-refractivity contribution in [3.63, 3.8) is 0 Å². The van der Waals surface area contributed by atoms with Crippen LogP contribution in [0.4, 0.5) is 5.69 Å². The summed E-state index contributed by atoms with van der Waals surface area (Å²) in [6, 6.07) is 15.6. The molecule has 0 fully saturated rings. The van der Waals surface area contributed by atoms with Crippen LogP contribution in [0.1, 0.15) is 28.3 Å². The van der Waals surface area contributed by atoms with Gasteiger partial charge in [0.15, 0.2) is 0 Å². The molecule has 0 aliphatic rings. The largest absolute Gasteiger partial charge is 0.388 e. The highest BCUT2D eigenvalue weighted by atomic mass is 15.1. The first kappa shape index (κ1) is 14.6. The summed E-state index contributed by atoms with van der Waals surface area (Å²) < 4.78 is 0. The Bertz CT molecular complexity index is 588. The summed E-state index contributed by atoms with van der Waals surface area (Å²) in [5, 5.41) is 3.22. The second-order valence-corrected chi connectivity index (χ2v) is 5.60. The van der Waals surface area contributed by atoms with Gasteiger partial charge in [0.1, 0.15) is 0 Å². The Labute approximate surface area is 122 Å². The predicted octanol–water partition coefficient (Wildman–Crippen LogP) is 4.00. The van der Waals surface area contributed by atoms with Crippen LogP contribution < -0.4 is 5.32 Å². The lowest BCUT2D eigenvalue weighted by Gasteiger charge is -2.27. The number of anilines is 1. The Hall–Kier alpha value is -1.80. The normalized spacial score (nSPS) is 12.5. The Kier molecular flexibility index (Phi) is 4.46. The molecule has 2 rings (SSSR count). The molecule has 2 aromatic rings. The summed E-state index contributed by atoms with van der Waals surface area (Å²) in [6.07, 6.45) is 0. The van der Waals surface area contributed by atoms with Crippen molar-refractivity contribution < 1.29 is 0 Å². The van der Waals surface area contributed by atoms with Gasteiger partial charge in [0.25, 0.3) is 0 Å². The summed E-state index contributed by atoms with van der Waals surface area (Å²) in [4.78, 5) is 2.27. The first-order valence-electron chi connectivity index (χ1n) is 7.04. The van der Waals surface area contributed by atoms with Gasteiger partial charge in [-0.1, -0.05) is 35.9 Å². The first-order chi connectivity index (χ1) is 9.52. The number of hydrogen-bond acceptors (Lipinski definition) is 2. The average molecular weight is 268 g/mol. The molecule has 0 amide bonds. The van der Waals surface area contributed by atoms with Gasteiger partial charge in [-0.2, -0.15) is 0 Å². The van der Waals surface area contributed by atoms with E-state index in [0.717, 1.165) is 5.69 Å². The van der Waals surface area contributed by atoms with Crippen molar-refractivity contribution >= 4 is 5.69 Å². The molecule has 2 aromatic carbocycles. The van der Waals surface area contributed by atoms with Gasteiger partial charge in [-0.25, -0.2) is 0 Å². The first-order valence-corrected chi connectivity index (χ1v) is 7.04. The molecule has 1 unspecified atom stereocenters. The van der Waals surface area contributed by atoms with Crippen LogP contribution in [0.15, 0.2) is 42.5 Å². The number of benzene rings is 2. The van der Waals surface area contributed by atoms with Gasteiger partial charge < -0.3 is 5.32 Å². The highest BCUT2D eigenvalue weighted by Crippen LogP contribution is 2.30. The molecule has 0 aliphatic carbocycles. The molecule has 0 bridgehead atoms. The molecule has 0 heterocycles. The third-order valence-corrected chi connectivity index (χ3v) is 3.73. The highest BCUT2D eigenvalue weighted by Gasteiger charge is 2.18. The zero-order valence-electron chi connectivity index (χ0n) is 13.1. The second-order valence-electron chi connectivity index (χ2n) is 5.60. The van der Waals surface area contributed by atoms with Crippen molar-refractivity contribution in [3.05, 3.63) is 64.7 Å². The van der Waals surface area contributed by atoms with E-state index in [1.54, 1.807) is 0 Å². The Morgan fingerprint density at radius 1 is 1.00 bits per heavy atom. The van der Waals surface area contributed by atoms with Crippen LogP contribution in [0.2, 0.25) is 0 Å². The van der Waals surface area contributed by atoms with Gasteiger partial charge in [0.05, 0.1) is 6.04 Å². The summed E-state index contributed by atoms with van der Waals surface area (Å²) in [6.45, 7) is 4.34. The lowest BCUT2D eigenvalue weighted by Crippen LogP contribution is -2.22. The molecule has 0 aliphatic heterocycles. The third-order valence-electron chi connectivity index (χ3n) is 3.73. The van der Waals surface area contributed by atoms with Crippen LogP contribution in [0.3, 0.4) is 0 Å². The van der Waals surface area contributed by atoms with Crippen LogP contribution in [-0.4, -0.2) is 26.0 Å². The highest BCUT2D eigenvalue weighted by molar-refractivity contribution is 5.48. The molecule has 106 valence electrons. The number of aryl methyl sites for hydroxylation is 2. The van der Waals surface area contributed by atoms with Crippen molar-refractivity contribution in [2.45, 2.75) is 19.9 Å². The van der Waals surface area contributed by atoms with E-state index in [4.69, 9.17) is 0 Å². The number of nitrogens with zero attached hydrogens (tertiary/aromatic N) is 1. The number of rotatable bonds is 4. The SMILES string of the molecule is CNc1cccc(C(c2ccc(C)cc2C)N(C)C)c1. The fraction of sp³-hybridized carbons (Fsp3) is 0.333. The Morgan fingerprint density at radius 2 is 1.75 bits per heavy atom. The zero-order chi connectivity index (χ0) is 14.7. The molecular formula is C18H24N2. The van der Waals surface area contributed by atoms with E-state index < -0.39 is 0 Å². The van der Waals surface area contributed by atoms with Crippen molar-refractivity contribution in [2.24, 2.45) is 0 Å². The minimum atomic E-state index is 0.281. The van der Waals surface area contributed by atoms with Crippen molar-refractivity contribution in [3.8, 4) is 0 Å². The van der Waals surface area contributed by atoms with Crippen LogP contribution >= 0.6 is 0 Å². The van der Waals surface area contributed by atoms with Crippen LogP contribution in [0.25, 0.3) is 0 Å². The molecule has 2 heteroatoms. The van der Waals surface area contributed by atoms with Crippen LogP contribution in [0.5, 0.6) is 0 Å². The van der Waals surface area contributed by atoms with Crippen molar-refractivity contribution in [2.75, 3.05) is 26.5 Å². The van der Waals surface area contributed by atoms with E-state index in [-0.39, 0.29) is 6.04 Å². The quantitative estimate of drug-likeness (QED) is 0.901. The van der Waals surface area contributed by atoms with Gasteiger partial charge in [-0.15, -0.1) is 0 Å². The fourth-order valence-electron chi connectivity index (χ4n) is 2.75. The smallest absolute Gasteiger partial charge is 0.0600 e. The summed E-state index contributed by atoms with van der Waals surface area (Å²) in [5.74, 6) is 0. The molecule has 0 spiro atoms. The predicted molar refractivity (Wildman–Crippen MR) is 87.4 cm³/mol. The average Bonchev–Trinajstić information content (AvgIpc) is 2.41. The number of nitrogens with one attached hydrogen (secondary N) is 1. The summed E-state index contributed by atoms with van der Waals surface area (Å²) in [7, 11) is 6.23. The number of hydrogen-bond donors (Lipinski definition) is 1. The maximum Gasteiger partial charge on any atom is 0.0600 e. The van der Waals surface area contributed by atoms with E-state index in [2.05, 4.69) is 80.6 Å². The van der Waals surface area contributed by atoms with Gasteiger partial charge in [-0.05, 0) is 56.8 Å². The van der Waals surface area contributed by atoms with E-state index >= 15 is 0 Å². The second kappa shape index (κ2) is 6.10. The molecule has 0 radical (unpaired) electrons. The van der Waals surface area contributed by atoms with E-state index in [1.807, 2.05) is 7.05 Å². The molecule has 2 nitrogen and oxygen atoms in total. The molecule has 0 saturated heterocycles. The minimum Gasteiger partial charge on any atom is -0.388 e. The third kappa shape index (κ3) is 3.02. The van der Waals surface area contributed by atoms with E-state index in [9.17, 15) is 0 Å². The summed E-state index contributed by atoms with van der Waals surface area (Å²) >= 11 is 0. The topological polar surface area (TPSA) is 15.3 Å². The maximum atomic E-state index is 3.22. The lowest BCUT2D eigenvalue weighted by atomic mass is 9.93. The van der Waals surface area contributed by atoms with Crippen LogP contribution in [0, 0.1) is 13.8 Å². The molecule has 0 saturated carbocycles. The molecule has 1 atom stereocenters. The lowest BCUT2D eigenvalue weighted by molar-refractivity contribution is 0.341. The minimum absolute atomic E-state index is 0.281. The standard InChI is InChI=1S/C18H24N2/c1-13-9-10-17(14(2)11-13)18(20(4)5)15-7-6-8-16(12-15)19-3/h6-12,18-19H,1-5H3. The molecule has 0 aromatic heterocycles. The van der Waals surface area contributed by atoms with Gasteiger partial charge in [0, 0.05) is 12.7 Å². The van der Waals surface area contributed by atoms with Crippen LogP contribution in [-0.2, 0) is 0 Å². The Balaban J connectivity index is 2.50. The van der Waals surface area contributed by atoms with Gasteiger partial charge in [-0.3, -0.25) is 4.90 Å². The van der Waals surface area contributed by atoms with Crippen molar-refractivity contribution in [1.82, 2.24) is 4.90 Å².